The van der Waals surface area contributed by atoms with Crippen LogP contribution in [0.2, 0.25) is 0 Å². The minimum absolute atomic E-state index is 0.0295. The van der Waals surface area contributed by atoms with E-state index in [4.69, 9.17) is 14.2 Å². The molecule has 0 saturated heterocycles. The van der Waals surface area contributed by atoms with Crippen LogP contribution in [0.5, 0.6) is 17.2 Å². The number of anilines is 2. The molecule has 0 unspecified atom stereocenters. The third-order valence-corrected chi connectivity index (χ3v) is 7.56. The molecule has 1 aromatic heterocycles. The number of carbonyl (C=O) groups excluding carboxylic acids is 1. The zero-order valence-corrected chi connectivity index (χ0v) is 22.7. The van der Waals surface area contributed by atoms with E-state index in [2.05, 4.69) is 15.2 Å². The van der Waals surface area contributed by atoms with Crippen LogP contribution in [0.3, 0.4) is 0 Å². The van der Waals surface area contributed by atoms with Crippen LogP contribution >= 0.6 is 11.3 Å². The van der Waals surface area contributed by atoms with Gasteiger partial charge >= 0.3 is 5.97 Å². The van der Waals surface area contributed by atoms with E-state index in [0.29, 0.717) is 16.2 Å². The van der Waals surface area contributed by atoms with Gasteiger partial charge in [-0.2, -0.15) is 5.10 Å². The number of nitro benzene ring substituents is 1. The van der Waals surface area contributed by atoms with Crippen molar-refractivity contribution < 1.29 is 32.3 Å². The summed E-state index contributed by atoms with van der Waals surface area (Å²) < 4.78 is 43.7. The summed E-state index contributed by atoms with van der Waals surface area (Å²) in [5.74, 6) is 0.510. The summed E-state index contributed by atoms with van der Waals surface area (Å²) >= 11 is 1.25. The van der Waals surface area contributed by atoms with Gasteiger partial charge in [-0.25, -0.2) is 13.2 Å². The van der Waals surface area contributed by atoms with E-state index in [1.807, 2.05) is 0 Å². The zero-order valence-electron chi connectivity index (χ0n) is 21.1. The molecule has 0 aliphatic heterocycles. The van der Waals surface area contributed by atoms with E-state index in [1.165, 1.54) is 62.1 Å². The number of methoxy groups -OCH3 is 2. The number of esters is 1. The monoisotopic (exact) mass is 582 g/mol. The minimum Gasteiger partial charge on any atom is -0.497 e. The Bertz CT molecular complexity index is 1650. The van der Waals surface area contributed by atoms with E-state index < -0.39 is 26.6 Å². The number of nitro groups is 1. The van der Waals surface area contributed by atoms with Crippen LogP contribution in [-0.4, -0.2) is 39.7 Å². The highest BCUT2D eigenvalue weighted by atomic mass is 32.2. The molecule has 0 spiro atoms. The first-order valence-electron chi connectivity index (χ1n) is 11.4. The van der Waals surface area contributed by atoms with Gasteiger partial charge in [-0.3, -0.25) is 20.3 Å². The summed E-state index contributed by atoms with van der Waals surface area (Å²) in [4.78, 5) is 23.3. The van der Waals surface area contributed by atoms with E-state index in [9.17, 15) is 23.3 Å². The van der Waals surface area contributed by atoms with Crippen molar-refractivity contribution in [1.82, 2.24) is 0 Å². The van der Waals surface area contributed by atoms with Crippen LogP contribution < -0.4 is 24.4 Å². The second kappa shape index (κ2) is 12.3. The lowest BCUT2D eigenvalue weighted by molar-refractivity contribution is -0.384. The van der Waals surface area contributed by atoms with Crippen molar-refractivity contribution in [2.75, 3.05) is 24.4 Å². The number of ether oxygens (including phenoxy) is 3. The lowest BCUT2D eigenvalue weighted by Crippen LogP contribution is -2.13. The number of carbonyl (C=O) groups is 1. The topological polar surface area (TPSA) is 158 Å². The second-order valence-corrected chi connectivity index (χ2v) is 10.5. The third kappa shape index (κ3) is 6.73. The van der Waals surface area contributed by atoms with Crippen LogP contribution in [0.25, 0.3) is 0 Å². The first-order chi connectivity index (χ1) is 19.2. The normalized spacial score (nSPS) is 11.2. The molecule has 0 fully saturated rings. The van der Waals surface area contributed by atoms with Crippen molar-refractivity contribution in [2.24, 2.45) is 5.10 Å². The van der Waals surface area contributed by atoms with Gasteiger partial charge in [0.1, 0.15) is 16.3 Å². The van der Waals surface area contributed by atoms with Crippen LogP contribution in [0.4, 0.5) is 17.1 Å². The highest BCUT2D eigenvalue weighted by molar-refractivity contribution is 7.92. The molecule has 40 heavy (non-hydrogen) atoms. The van der Waals surface area contributed by atoms with Gasteiger partial charge in [0.2, 0.25) is 0 Å². The maximum absolute atomic E-state index is 12.8. The van der Waals surface area contributed by atoms with Gasteiger partial charge in [0.05, 0.1) is 30.3 Å². The van der Waals surface area contributed by atoms with Crippen LogP contribution in [-0.2, 0) is 10.0 Å². The van der Waals surface area contributed by atoms with Gasteiger partial charge in [0, 0.05) is 11.8 Å². The molecule has 4 aromatic rings. The first-order valence-corrected chi connectivity index (χ1v) is 13.7. The summed E-state index contributed by atoms with van der Waals surface area (Å²) in [7, 11) is -1.22. The number of hydrogen-bond acceptors (Lipinski definition) is 11. The summed E-state index contributed by atoms with van der Waals surface area (Å²) in [6.07, 6.45) is 1.37. The Morgan fingerprint density at radius 3 is 2.42 bits per heavy atom. The summed E-state index contributed by atoms with van der Waals surface area (Å²) in [5.41, 5.74) is 2.83. The number of rotatable bonds is 11. The Hall–Kier alpha value is -4.95. The van der Waals surface area contributed by atoms with Gasteiger partial charge < -0.3 is 14.2 Å². The number of nitrogens with one attached hydrogen (secondary N) is 2. The van der Waals surface area contributed by atoms with Crippen molar-refractivity contribution >= 4 is 50.6 Å². The molecule has 14 heteroatoms. The maximum Gasteiger partial charge on any atom is 0.353 e. The number of nitrogens with zero attached hydrogens (tertiary/aromatic N) is 2. The van der Waals surface area contributed by atoms with Gasteiger partial charge in [-0.15, -0.1) is 11.3 Å². The molecular formula is C26H22N4O8S2. The fourth-order valence-electron chi connectivity index (χ4n) is 3.37. The smallest absolute Gasteiger partial charge is 0.353 e. The Morgan fingerprint density at radius 2 is 1.77 bits per heavy atom. The minimum atomic E-state index is -4.11. The summed E-state index contributed by atoms with van der Waals surface area (Å²) in [5, 5.41) is 17.5. The Labute approximate surface area is 233 Å². The summed E-state index contributed by atoms with van der Waals surface area (Å²) in [6.45, 7) is 0. The fraction of sp³-hybridized carbons (Fsp3) is 0.0769. The summed E-state index contributed by atoms with van der Waals surface area (Å²) in [6, 6.07) is 17.6. The molecule has 3 aromatic carbocycles. The van der Waals surface area contributed by atoms with Crippen LogP contribution in [0, 0.1) is 10.1 Å². The van der Waals surface area contributed by atoms with Gasteiger partial charge in [-0.05, 0) is 71.6 Å². The van der Waals surface area contributed by atoms with Crippen molar-refractivity contribution in [2.45, 2.75) is 4.90 Å². The second-order valence-electron chi connectivity index (χ2n) is 7.92. The molecule has 12 nitrogen and oxygen atoms in total. The van der Waals surface area contributed by atoms with E-state index in [1.54, 1.807) is 41.8 Å². The molecule has 0 saturated carbocycles. The third-order valence-electron chi connectivity index (χ3n) is 5.33. The predicted octanol–water partition coefficient (Wildman–Crippen LogP) is 5.14. The fourth-order valence-corrected chi connectivity index (χ4v) is 5.04. The number of benzene rings is 3. The zero-order chi connectivity index (χ0) is 28.7. The number of thiophene rings is 1. The standard InChI is InChI=1S/C26H22N4O8S2/c1-36-19-8-6-18(7-9-19)29-40(34,35)20-10-11-21(22(15-20)30(32)33)28-27-16-17-5-12-23(24(14-17)37-2)38-26(31)25-4-3-13-39-25/h3-16,28-29H,1-2H3/b27-16-. The van der Waals surface area contributed by atoms with Crippen molar-refractivity contribution in [1.29, 1.82) is 0 Å². The predicted molar refractivity (Wildman–Crippen MR) is 150 cm³/mol. The molecule has 0 atom stereocenters. The molecule has 0 aliphatic carbocycles. The highest BCUT2D eigenvalue weighted by Crippen LogP contribution is 2.30. The molecule has 0 amide bonds. The van der Waals surface area contributed by atoms with Crippen molar-refractivity contribution in [3.8, 4) is 17.2 Å². The molecule has 4 rings (SSSR count). The Morgan fingerprint density at radius 1 is 1.00 bits per heavy atom. The first kappa shape index (κ1) is 28.1. The van der Waals surface area contributed by atoms with Crippen molar-refractivity contribution in [3.05, 3.63) is 98.7 Å². The molecule has 0 aliphatic rings. The Kier molecular flexibility index (Phi) is 8.61. The van der Waals surface area contributed by atoms with Crippen molar-refractivity contribution in [3.63, 3.8) is 0 Å². The maximum atomic E-state index is 12.8. The van der Waals surface area contributed by atoms with E-state index in [-0.39, 0.29) is 27.8 Å². The quantitative estimate of drug-likeness (QED) is 0.0803. The average molecular weight is 583 g/mol. The highest BCUT2D eigenvalue weighted by Gasteiger charge is 2.22. The van der Waals surface area contributed by atoms with E-state index >= 15 is 0 Å². The number of hydrazone groups is 1. The SMILES string of the molecule is COc1ccc(NS(=O)(=O)c2ccc(N/N=C\c3ccc(OC(=O)c4cccs4)c(OC)c3)c([N+](=O)[O-])c2)cc1. The largest absolute Gasteiger partial charge is 0.497 e. The van der Waals surface area contributed by atoms with E-state index in [0.717, 1.165) is 6.07 Å². The Balaban J connectivity index is 1.48. The van der Waals surface area contributed by atoms with Gasteiger partial charge in [-0.1, -0.05) is 6.07 Å². The number of hydrogen-bond donors (Lipinski definition) is 2. The molecule has 206 valence electrons. The molecule has 0 bridgehead atoms. The molecule has 1 heterocycles. The number of sulfonamides is 1. The lowest BCUT2D eigenvalue weighted by atomic mass is 10.2. The van der Waals surface area contributed by atoms with Gasteiger partial charge in [0.25, 0.3) is 15.7 Å². The average Bonchev–Trinajstić information content (AvgIpc) is 3.49. The lowest BCUT2D eigenvalue weighted by Gasteiger charge is -2.10. The van der Waals surface area contributed by atoms with Gasteiger partial charge in [0.15, 0.2) is 11.5 Å². The van der Waals surface area contributed by atoms with Crippen LogP contribution in [0.15, 0.2) is 88.2 Å². The molecule has 2 N–H and O–H groups in total. The molecule has 0 radical (unpaired) electrons. The van der Waals surface area contributed by atoms with Crippen LogP contribution in [0.1, 0.15) is 15.2 Å². The molecular weight excluding hydrogens is 560 g/mol.